The van der Waals surface area contributed by atoms with E-state index in [0.717, 1.165) is 31.2 Å². The molecule has 2 heterocycles. The fourth-order valence-corrected chi connectivity index (χ4v) is 5.58. The molecular weight excluding hydrogens is 352 g/mol. The van der Waals surface area contributed by atoms with Gasteiger partial charge >= 0.3 is 0 Å². The van der Waals surface area contributed by atoms with Crippen molar-refractivity contribution in [2.24, 2.45) is 17.8 Å². The third kappa shape index (κ3) is 2.79. The molecule has 3 aliphatic carbocycles. The van der Waals surface area contributed by atoms with E-state index >= 15 is 0 Å². The normalized spacial score (nSPS) is 34.1. The van der Waals surface area contributed by atoms with Crippen molar-refractivity contribution in [2.75, 3.05) is 6.54 Å². The SMILES string of the molecule is O=C1[C@H](Cc2ccccc2)N(C(=O)[C@@H]2C[C@@H]3C=C[C@H]2CC3)C(=O)[C@H]2CCCN12. The van der Waals surface area contributed by atoms with Crippen LogP contribution in [0.3, 0.4) is 0 Å². The Morgan fingerprint density at radius 3 is 2.50 bits per heavy atom. The summed E-state index contributed by atoms with van der Waals surface area (Å²) in [6.45, 7) is 0.624. The molecule has 2 bridgehead atoms. The summed E-state index contributed by atoms with van der Waals surface area (Å²) in [7, 11) is 0. The number of piperazine rings is 1. The molecule has 0 radical (unpaired) electrons. The topological polar surface area (TPSA) is 57.7 Å². The van der Waals surface area contributed by atoms with Crippen LogP contribution in [0.2, 0.25) is 0 Å². The van der Waals surface area contributed by atoms with Gasteiger partial charge in [0.2, 0.25) is 11.8 Å². The molecule has 5 nitrogen and oxygen atoms in total. The molecule has 146 valence electrons. The molecule has 6 rings (SSSR count). The van der Waals surface area contributed by atoms with Crippen LogP contribution in [-0.2, 0) is 20.8 Å². The van der Waals surface area contributed by atoms with Gasteiger partial charge in [-0.25, -0.2) is 0 Å². The van der Waals surface area contributed by atoms with E-state index in [-0.39, 0.29) is 29.6 Å². The second-order valence-corrected chi connectivity index (χ2v) is 8.67. The molecule has 1 aromatic rings. The van der Waals surface area contributed by atoms with Gasteiger partial charge in [-0.3, -0.25) is 19.3 Å². The van der Waals surface area contributed by atoms with Crippen LogP contribution in [0.25, 0.3) is 0 Å². The molecule has 3 fully saturated rings. The number of amides is 3. The van der Waals surface area contributed by atoms with Gasteiger partial charge in [-0.15, -0.1) is 0 Å². The van der Waals surface area contributed by atoms with Crippen molar-refractivity contribution < 1.29 is 14.4 Å². The summed E-state index contributed by atoms with van der Waals surface area (Å²) in [5.41, 5.74) is 0.981. The van der Waals surface area contributed by atoms with Crippen molar-refractivity contribution in [3.05, 3.63) is 48.0 Å². The average Bonchev–Trinajstić information content (AvgIpc) is 3.24. The van der Waals surface area contributed by atoms with Crippen LogP contribution in [0.15, 0.2) is 42.5 Å². The van der Waals surface area contributed by atoms with Gasteiger partial charge in [-0.05, 0) is 49.5 Å². The molecule has 0 unspecified atom stereocenters. The lowest BCUT2D eigenvalue weighted by atomic mass is 9.68. The number of hydrogen-bond donors (Lipinski definition) is 0. The minimum atomic E-state index is -0.707. The summed E-state index contributed by atoms with van der Waals surface area (Å²) in [4.78, 5) is 43.3. The summed E-state index contributed by atoms with van der Waals surface area (Å²) >= 11 is 0. The van der Waals surface area contributed by atoms with E-state index in [1.54, 1.807) is 4.90 Å². The van der Waals surface area contributed by atoms with E-state index in [4.69, 9.17) is 0 Å². The summed E-state index contributed by atoms with van der Waals surface area (Å²) in [6.07, 6.45) is 9.23. The van der Waals surface area contributed by atoms with E-state index in [0.29, 0.717) is 25.3 Å². The van der Waals surface area contributed by atoms with Crippen LogP contribution in [0, 0.1) is 17.8 Å². The number of rotatable bonds is 3. The van der Waals surface area contributed by atoms with Crippen molar-refractivity contribution in [1.82, 2.24) is 9.80 Å². The molecule has 2 saturated heterocycles. The predicted molar refractivity (Wildman–Crippen MR) is 104 cm³/mol. The fraction of sp³-hybridized carbons (Fsp3) is 0.522. The maximum atomic E-state index is 13.6. The zero-order valence-corrected chi connectivity index (χ0v) is 16.0. The highest BCUT2D eigenvalue weighted by Crippen LogP contribution is 2.42. The lowest BCUT2D eigenvalue weighted by Gasteiger charge is -2.45. The average molecular weight is 378 g/mol. The zero-order chi connectivity index (χ0) is 19.3. The van der Waals surface area contributed by atoms with E-state index in [2.05, 4.69) is 12.2 Å². The molecule has 5 heteroatoms. The first kappa shape index (κ1) is 17.7. The third-order valence-corrected chi connectivity index (χ3v) is 7.06. The second-order valence-electron chi connectivity index (χ2n) is 8.67. The van der Waals surface area contributed by atoms with E-state index in [1.807, 2.05) is 30.3 Å². The quantitative estimate of drug-likeness (QED) is 0.600. The number of nitrogens with zero attached hydrogens (tertiary/aromatic N) is 2. The number of imide groups is 1. The van der Waals surface area contributed by atoms with Crippen LogP contribution in [0.1, 0.15) is 37.7 Å². The molecule has 3 amide bonds. The number of fused-ring (bicyclic) bond motifs is 3. The first-order valence-corrected chi connectivity index (χ1v) is 10.5. The van der Waals surface area contributed by atoms with Crippen molar-refractivity contribution in [3.63, 3.8) is 0 Å². The molecule has 0 aromatic heterocycles. The molecule has 0 spiro atoms. The van der Waals surface area contributed by atoms with Crippen molar-refractivity contribution in [1.29, 1.82) is 0 Å². The van der Waals surface area contributed by atoms with Crippen LogP contribution < -0.4 is 0 Å². The Morgan fingerprint density at radius 2 is 1.82 bits per heavy atom. The van der Waals surface area contributed by atoms with E-state index < -0.39 is 12.1 Å². The maximum absolute atomic E-state index is 13.6. The summed E-state index contributed by atoms with van der Waals surface area (Å²) < 4.78 is 0. The van der Waals surface area contributed by atoms with Gasteiger partial charge in [0.25, 0.3) is 5.91 Å². The zero-order valence-electron chi connectivity index (χ0n) is 16.0. The minimum Gasteiger partial charge on any atom is -0.329 e. The lowest BCUT2D eigenvalue weighted by molar-refractivity contribution is -0.168. The Bertz CT molecular complexity index is 834. The fourth-order valence-electron chi connectivity index (χ4n) is 5.58. The van der Waals surface area contributed by atoms with Crippen LogP contribution in [0.5, 0.6) is 0 Å². The summed E-state index contributed by atoms with van der Waals surface area (Å²) in [5, 5.41) is 0. The molecular formula is C23H26N2O3. The summed E-state index contributed by atoms with van der Waals surface area (Å²) in [5.74, 6) is 0.144. The molecule has 28 heavy (non-hydrogen) atoms. The van der Waals surface area contributed by atoms with Gasteiger partial charge in [-0.1, -0.05) is 42.5 Å². The Labute approximate surface area is 165 Å². The third-order valence-electron chi connectivity index (χ3n) is 7.06. The number of benzene rings is 1. The molecule has 5 aliphatic rings. The number of carbonyl (C=O) groups is 3. The smallest absolute Gasteiger partial charge is 0.252 e. The van der Waals surface area contributed by atoms with Gasteiger partial charge in [0, 0.05) is 18.9 Å². The number of allylic oxidation sites excluding steroid dienone is 2. The van der Waals surface area contributed by atoms with Crippen LogP contribution in [-0.4, -0.2) is 46.1 Å². The van der Waals surface area contributed by atoms with Gasteiger partial charge in [-0.2, -0.15) is 0 Å². The van der Waals surface area contributed by atoms with Gasteiger partial charge < -0.3 is 4.90 Å². The van der Waals surface area contributed by atoms with Crippen LogP contribution >= 0.6 is 0 Å². The Hall–Kier alpha value is -2.43. The first-order chi connectivity index (χ1) is 13.6. The Morgan fingerprint density at radius 1 is 1.00 bits per heavy atom. The molecule has 1 aromatic carbocycles. The van der Waals surface area contributed by atoms with E-state index in [9.17, 15) is 14.4 Å². The van der Waals surface area contributed by atoms with Gasteiger partial charge in [0.1, 0.15) is 12.1 Å². The lowest BCUT2D eigenvalue weighted by Crippen LogP contribution is -2.66. The highest BCUT2D eigenvalue weighted by molar-refractivity contribution is 6.07. The van der Waals surface area contributed by atoms with Gasteiger partial charge in [0.05, 0.1) is 0 Å². The van der Waals surface area contributed by atoms with Crippen molar-refractivity contribution >= 4 is 17.7 Å². The second kappa shape index (κ2) is 6.87. The Balaban J connectivity index is 1.48. The van der Waals surface area contributed by atoms with Crippen molar-refractivity contribution in [2.45, 2.75) is 50.6 Å². The highest BCUT2D eigenvalue weighted by atomic mass is 16.2. The molecule has 5 atom stereocenters. The van der Waals surface area contributed by atoms with E-state index in [1.165, 1.54) is 4.90 Å². The Kier molecular flexibility index (Phi) is 4.33. The van der Waals surface area contributed by atoms with Crippen LogP contribution in [0.4, 0.5) is 0 Å². The number of carbonyl (C=O) groups excluding carboxylic acids is 3. The predicted octanol–water partition coefficient (Wildman–Crippen LogP) is 2.56. The maximum Gasteiger partial charge on any atom is 0.252 e. The standard InChI is InChI=1S/C23H26N2O3/c26-21(18-13-16-8-10-17(18)11-9-16)25-20(14-15-5-2-1-3-6-15)22(27)24-12-4-7-19(24)23(25)28/h1-3,5-6,8,10,16-20H,4,7,9,11-14H2/t16-,17+,18-,19-,20+/m1/s1. The minimum absolute atomic E-state index is 0.0594. The number of hydrogen-bond acceptors (Lipinski definition) is 3. The first-order valence-electron chi connectivity index (χ1n) is 10.5. The van der Waals surface area contributed by atoms with Gasteiger partial charge in [0.15, 0.2) is 0 Å². The molecule has 2 aliphatic heterocycles. The highest BCUT2D eigenvalue weighted by Gasteiger charge is 2.52. The summed E-state index contributed by atoms with van der Waals surface area (Å²) in [6, 6.07) is 8.56. The monoisotopic (exact) mass is 378 g/mol. The molecule has 0 N–H and O–H groups in total. The largest absolute Gasteiger partial charge is 0.329 e. The van der Waals surface area contributed by atoms with Crippen molar-refractivity contribution in [3.8, 4) is 0 Å². The molecule has 1 saturated carbocycles.